The predicted molar refractivity (Wildman–Crippen MR) is 122 cm³/mol. The van der Waals surface area contributed by atoms with Gasteiger partial charge in [0.25, 0.3) is 0 Å². The molecule has 1 atom stereocenters. The van der Waals surface area contributed by atoms with E-state index in [0.29, 0.717) is 0 Å². The monoisotopic (exact) mass is 475 g/mol. The number of benzene rings is 2. The molecule has 0 aliphatic carbocycles. The number of hydrogen-bond acceptors (Lipinski definition) is 2. The molecule has 0 aliphatic heterocycles. The van der Waals surface area contributed by atoms with Crippen LogP contribution in [0.4, 0.5) is 0 Å². The van der Waals surface area contributed by atoms with Crippen LogP contribution in [0.3, 0.4) is 0 Å². The van der Waals surface area contributed by atoms with Crippen LogP contribution in [0.1, 0.15) is 24.1 Å². The van der Waals surface area contributed by atoms with Gasteiger partial charge >= 0.3 is 0 Å². The molecule has 2 N–H and O–H groups in total. The summed E-state index contributed by atoms with van der Waals surface area (Å²) in [6.07, 6.45) is 4.66. The Morgan fingerprint density at radius 3 is 2.44 bits per heavy atom. The van der Waals surface area contributed by atoms with Crippen LogP contribution in [0, 0.1) is 0 Å². The normalized spacial score (nSPS) is 12.1. The highest BCUT2D eigenvalue weighted by molar-refractivity contribution is 14.0. The lowest BCUT2D eigenvalue weighted by molar-refractivity contribution is 0.684. The van der Waals surface area contributed by atoms with E-state index in [1.807, 2.05) is 23.0 Å². The second-order valence-corrected chi connectivity index (χ2v) is 6.14. The Hall–Kier alpha value is -2.35. The fourth-order valence-electron chi connectivity index (χ4n) is 2.79. The van der Waals surface area contributed by atoms with Crippen LogP contribution in [0.25, 0.3) is 5.69 Å². The molecule has 1 heterocycles. The number of aromatic nitrogens is 2. The zero-order chi connectivity index (χ0) is 18.2. The summed E-state index contributed by atoms with van der Waals surface area (Å²) in [4.78, 5) is 4.32. The largest absolute Gasteiger partial charge is 0.356 e. The molecule has 142 valence electrons. The Labute approximate surface area is 177 Å². The van der Waals surface area contributed by atoms with Crippen LogP contribution in [-0.2, 0) is 6.42 Å². The smallest absolute Gasteiger partial charge is 0.191 e. The topological polar surface area (TPSA) is 54.2 Å². The van der Waals surface area contributed by atoms with Crippen molar-refractivity contribution in [3.8, 4) is 5.69 Å². The van der Waals surface area contributed by atoms with E-state index in [1.165, 1.54) is 11.1 Å². The Kier molecular flexibility index (Phi) is 8.32. The number of guanidine groups is 1. The lowest BCUT2D eigenvalue weighted by Crippen LogP contribution is -2.39. The third kappa shape index (κ3) is 6.09. The predicted octanol–water partition coefficient (Wildman–Crippen LogP) is 3.96. The van der Waals surface area contributed by atoms with Crippen molar-refractivity contribution in [3.63, 3.8) is 0 Å². The van der Waals surface area contributed by atoms with E-state index >= 15 is 0 Å². The van der Waals surface area contributed by atoms with Gasteiger partial charge < -0.3 is 10.6 Å². The zero-order valence-electron chi connectivity index (χ0n) is 15.7. The van der Waals surface area contributed by atoms with Crippen LogP contribution >= 0.6 is 24.0 Å². The van der Waals surface area contributed by atoms with Gasteiger partial charge in [-0.05, 0) is 42.7 Å². The fourth-order valence-corrected chi connectivity index (χ4v) is 2.79. The van der Waals surface area contributed by atoms with E-state index in [2.05, 4.69) is 76.2 Å². The van der Waals surface area contributed by atoms with Gasteiger partial charge in [0.15, 0.2) is 5.96 Å². The number of nitrogens with zero attached hydrogens (tertiary/aromatic N) is 3. The van der Waals surface area contributed by atoms with Crippen molar-refractivity contribution in [1.29, 1.82) is 0 Å². The first-order valence-electron chi connectivity index (χ1n) is 8.87. The van der Waals surface area contributed by atoms with Crippen molar-refractivity contribution in [1.82, 2.24) is 20.4 Å². The standard InChI is InChI=1S/C21H25N5.HI/c1-17(19-7-4-3-5-8-19)25-21(22-2)23-15-13-18-9-11-20(12-10-18)26-16-6-14-24-26;/h3-12,14,16-17H,13,15H2,1-2H3,(H2,22,23,25);1H. The molecule has 5 nitrogen and oxygen atoms in total. The third-order valence-electron chi connectivity index (χ3n) is 4.29. The van der Waals surface area contributed by atoms with Crippen molar-refractivity contribution in [2.45, 2.75) is 19.4 Å². The first-order chi connectivity index (χ1) is 12.8. The molecule has 2 aromatic carbocycles. The fraction of sp³-hybridized carbons (Fsp3) is 0.238. The summed E-state index contributed by atoms with van der Waals surface area (Å²) in [5.41, 5.74) is 3.59. The van der Waals surface area contributed by atoms with Crippen LogP contribution in [0.2, 0.25) is 0 Å². The quantitative estimate of drug-likeness (QED) is 0.323. The van der Waals surface area contributed by atoms with Crippen LogP contribution in [0.15, 0.2) is 78.0 Å². The highest BCUT2D eigenvalue weighted by Crippen LogP contribution is 2.11. The average molecular weight is 475 g/mol. The van der Waals surface area contributed by atoms with Gasteiger partial charge in [-0.25, -0.2) is 4.68 Å². The van der Waals surface area contributed by atoms with Gasteiger partial charge in [0.05, 0.1) is 11.7 Å². The number of aliphatic imine (C=N–C) groups is 1. The second-order valence-electron chi connectivity index (χ2n) is 6.14. The van der Waals surface area contributed by atoms with Crippen molar-refractivity contribution < 1.29 is 0 Å². The molecule has 1 unspecified atom stereocenters. The first kappa shape index (κ1) is 21.0. The highest BCUT2D eigenvalue weighted by atomic mass is 127. The van der Waals surface area contributed by atoms with E-state index in [-0.39, 0.29) is 30.0 Å². The average Bonchev–Trinajstić information content (AvgIpc) is 3.23. The third-order valence-corrected chi connectivity index (χ3v) is 4.29. The van der Waals surface area contributed by atoms with E-state index < -0.39 is 0 Å². The molecule has 0 saturated carbocycles. The van der Waals surface area contributed by atoms with Crippen molar-refractivity contribution in [2.75, 3.05) is 13.6 Å². The summed E-state index contributed by atoms with van der Waals surface area (Å²) < 4.78 is 1.86. The van der Waals surface area contributed by atoms with Gasteiger partial charge in [0.2, 0.25) is 0 Å². The summed E-state index contributed by atoms with van der Waals surface area (Å²) in [7, 11) is 1.80. The lowest BCUT2D eigenvalue weighted by Gasteiger charge is -2.18. The molecule has 0 saturated heterocycles. The molecular weight excluding hydrogens is 449 g/mol. The first-order valence-corrected chi connectivity index (χ1v) is 8.87. The van der Waals surface area contributed by atoms with Crippen molar-refractivity contribution in [3.05, 3.63) is 84.2 Å². The molecule has 27 heavy (non-hydrogen) atoms. The van der Waals surface area contributed by atoms with Crippen LogP contribution < -0.4 is 10.6 Å². The Balaban J connectivity index is 0.00000261. The summed E-state index contributed by atoms with van der Waals surface area (Å²) >= 11 is 0. The van der Waals surface area contributed by atoms with Gasteiger partial charge in [-0.1, -0.05) is 42.5 Å². The summed E-state index contributed by atoms with van der Waals surface area (Å²) in [6, 6.07) is 21.0. The number of hydrogen-bond donors (Lipinski definition) is 2. The van der Waals surface area contributed by atoms with Gasteiger partial charge in [-0.2, -0.15) is 5.10 Å². The Morgan fingerprint density at radius 2 is 1.81 bits per heavy atom. The summed E-state index contributed by atoms with van der Waals surface area (Å²) in [5, 5.41) is 11.1. The minimum absolute atomic E-state index is 0. The van der Waals surface area contributed by atoms with Gasteiger partial charge in [-0.3, -0.25) is 4.99 Å². The van der Waals surface area contributed by atoms with E-state index in [4.69, 9.17) is 0 Å². The Bertz CT molecular complexity index is 814. The van der Waals surface area contributed by atoms with Gasteiger partial charge in [-0.15, -0.1) is 24.0 Å². The molecule has 0 aliphatic rings. The summed E-state index contributed by atoms with van der Waals surface area (Å²) in [5.74, 6) is 0.814. The molecule has 1 aromatic heterocycles. The van der Waals surface area contributed by atoms with E-state index in [1.54, 1.807) is 13.2 Å². The molecule has 3 aromatic rings. The van der Waals surface area contributed by atoms with Crippen molar-refractivity contribution >= 4 is 29.9 Å². The summed E-state index contributed by atoms with van der Waals surface area (Å²) in [6.45, 7) is 2.96. The second kappa shape index (κ2) is 10.7. The molecule has 0 radical (unpaired) electrons. The molecule has 0 fully saturated rings. The molecule has 0 bridgehead atoms. The highest BCUT2D eigenvalue weighted by Gasteiger charge is 2.07. The Morgan fingerprint density at radius 1 is 1.07 bits per heavy atom. The maximum Gasteiger partial charge on any atom is 0.191 e. The minimum atomic E-state index is 0. The van der Waals surface area contributed by atoms with E-state index in [0.717, 1.165) is 24.6 Å². The van der Waals surface area contributed by atoms with Crippen LogP contribution in [-0.4, -0.2) is 29.3 Å². The van der Waals surface area contributed by atoms with Crippen LogP contribution in [0.5, 0.6) is 0 Å². The molecule has 0 amide bonds. The van der Waals surface area contributed by atoms with E-state index in [9.17, 15) is 0 Å². The maximum atomic E-state index is 4.32. The SMILES string of the molecule is CN=C(NCCc1ccc(-n2cccn2)cc1)NC(C)c1ccccc1.I. The minimum Gasteiger partial charge on any atom is -0.356 e. The van der Waals surface area contributed by atoms with Crippen molar-refractivity contribution in [2.24, 2.45) is 4.99 Å². The molecule has 3 rings (SSSR count). The van der Waals surface area contributed by atoms with Gasteiger partial charge in [0.1, 0.15) is 0 Å². The maximum absolute atomic E-state index is 4.32. The van der Waals surface area contributed by atoms with Gasteiger partial charge in [0, 0.05) is 26.0 Å². The molecule has 6 heteroatoms. The zero-order valence-corrected chi connectivity index (χ0v) is 18.0. The molecule has 0 spiro atoms. The number of nitrogens with one attached hydrogen (secondary N) is 2. The lowest BCUT2D eigenvalue weighted by atomic mass is 10.1. The molecular formula is C21H26IN5. The number of rotatable bonds is 6. The number of halogens is 1.